The summed E-state index contributed by atoms with van der Waals surface area (Å²) in [6, 6.07) is 2.00. The summed E-state index contributed by atoms with van der Waals surface area (Å²) in [6.07, 6.45) is -7.00. The first-order valence-electron chi connectivity index (χ1n) is 9.64. The number of alkyl halides is 3. The van der Waals surface area contributed by atoms with Crippen LogP contribution in [-0.4, -0.2) is 64.8 Å². The van der Waals surface area contributed by atoms with Crippen molar-refractivity contribution in [1.29, 1.82) is 0 Å². The van der Waals surface area contributed by atoms with Crippen molar-refractivity contribution in [2.45, 2.75) is 43.6 Å². The zero-order chi connectivity index (χ0) is 24.1. The molecular weight excluding hydrogens is 582 g/mol. The van der Waals surface area contributed by atoms with Gasteiger partial charge in [-0.3, -0.25) is 9.25 Å². The van der Waals surface area contributed by atoms with E-state index in [9.17, 15) is 28.5 Å². The third kappa shape index (κ3) is 4.49. The minimum atomic E-state index is -4.71. The lowest BCUT2D eigenvalue weighted by atomic mass is 9.92. The molecule has 3 aromatic rings. The summed E-state index contributed by atoms with van der Waals surface area (Å²) in [5.74, 6) is -0.0598. The molecule has 14 heteroatoms. The summed E-state index contributed by atoms with van der Waals surface area (Å²) in [4.78, 5) is 0. The highest BCUT2D eigenvalue weighted by molar-refractivity contribution is 14.1. The van der Waals surface area contributed by atoms with Crippen molar-refractivity contribution in [3.05, 3.63) is 56.4 Å². The molecule has 0 saturated carbocycles. The first-order chi connectivity index (χ1) is 15.5. The molecule has 1 fully saturated rings. The van der Waals surface area contributed by atoms with E-state index in [4.69, 9.17) is 16.3 Å². The van der Waals surface area contributed by atoms with E-state index in [0.717, 1.165) is 26.3 Å². The van der Waals surface area contributed by atoms with Crippen LogP contribution in [0.2, 0.25) is 5.02 Å². The van der Waals surface area contributed by atoms with Gasteiger partial charge >= 0.3 is 6.18 Å². The molecule has 0 unspecified atom stereocenters. The van der Waals surface area contributed by atoms with Crippen molar-refractivity contribution in [3.63, 3.8) is 0 Å². The first kappa shape index (κ1) is 24.3. The molecule has 3 heterocycles. The molecule has 1 aliphatic heterocycles. The van der Waals surface area contributed by atoms with Crippen LogP contribution in [0.3, 0.4) is 0 Å². The van der Waals surface area contributed by atoms with Crippen LogP contribution in [0.5, 0.6) is 0 Å². The normalized spacial score (nSPS) is 26.0. The van der Waals surface area contributed by atoms with E-state index in [0.29, 0.717) is 0 Å². The van der Waals surface area contributed by atoms with Gasteiger partial charge in [0.2, 0.25) is 0 Å². The van der Waals surface area contributed by atoms with Crippen LogP contribution in [0.1, 0.15) is 29.4 Å². The van der Waals surface area contributed by atoms with Gasteiger partial charge in [0.05, 0.1) is 27.6 Å². The van der Waals surface area contributed by atoms with E-state index in [1.807, 2.05) is 22.6 Å². The van der Waals surface area contributed by atoms with Crippen LogP contribution < -0.4 is 0 Å². The Hall–Kier alpha value is -1.78. The predicted octanol–water partition coefficient (Wildman–Crippen LogP) is 2.44. The largest absolute Gasteiger partial charge is 0.418 e. The number of ether oxygens (including phenoxy) is 1. The van der Waals surface area contributed by atoms with Crippen molar-refractivity contribution in [2.75, 3.05) is 6.61 Å². The van der Waals surface area contributed by atoms with E-state index in [-0.39, 0.29) is 22.4 Å². The summed E-state index contributed by atoms with van der Waals surface area (Å²) >= 11 is 7.99. The van der Waals surface area contributed by atoms with Crippen LogP contribution in [0, 0.1) is 10.5 Å². The molecule has 178 valence electrons. The number of benzene rings is 1. The Morgan fingerprint density at radius 2 is 1.94 bits per heavy atom. The Bertz CT molecular complexity index is 1160. The molecule has 0 amide bonds. The van der Waals surface area contributed by atoms with Gasteiger partial charge in [0, 0.05) is 11.2 Å². The number of nitrogens with zero attached hydrogens (tertiary/aromatic N) is 5. The molecule has 3 N–H and O–H groups in total. The van der Waals surface area contributed by atoms with Crippen LogP contribution in [0.4, 0.5) is 13.2 Å². The molecule has 0 bridgehead atoms. The number of aliphatic hydroxyl groups is 3. The van der Waals surface area contributed by atoms with Crippen molar-refractivity contribution < 1.29 is 33.2 Å². The number of aryl methyl sites for hydroxylation is 1. The second kappa shape index (κ2) is 9.11. The maximum Gasteiger partial charge on any atom is 0.418 e. The smallest absolute Gasteiger partial charge is 0.394 e. The fourth-order valence-electron chi connectivity index (χ4n) is 3.90. The zero-order valence-electron chi connectivity index (χ0n) is 16.9. The highest BCUT2D eigenvalue weighted by Gasteiger charge is 2.48. The van der Waals surface area contributed by atoms with Gasteiger partial charge in [-0.25, -0.2) is 0 Å². The van der Waals surface area contributed by atoms with Gasteiger partial charge < -0.3 is 20.1 Å². The maximum absolute atomic E-state index is 13.8. The van der Waals surface area contributed by atoms with E-state index in [1.54, 1.807) is 6.20 Å². The zero-order valence-corrected chi connectivity index (χ0v) is 19.8. The van der Waals surface area contributed by atoms with Gasteiger partial charge in [-0.1, -0.05) is 11.6 Å². The molecule has 0 aliphatic carbocycles. The van der Waals surface area contributed by atoms with Gasteiger partial charge in [0.15, 0.2) is 5.82 Å². The van der Waals surface area contributed by atoms with E-state index < -0.39 is 48.8 Å². The standard InChI is InChI=1S/C19H18ClF3IN5O4/c1-8-26-27-18(29(8)12-4-9(20)2-3-11(12)19(21,22)23)17-16(32)14(15(31)13(7-30)33-17)28-6-10(24)5-25-28/h2-6,13-17,30-32H,7H2,1H3/t13-,14+,15+,16-,17-/m1/s1. The van der Waals surface area contributed by atoms with Crippen LogP contribution >= 0.6 is 34.2 Å². The topological polar surface area (TPSA) is 118 Å². The Morgan fingerprint density at radius 3 is 2.55 bits per heavy atom. The minimum absolute atomic E-state index is 0.0508. The second-order valence-corrected chi connectivity index (χ2v) is 9.17. The number of halogens is 5. The van der Waals surface area contributed by atoms with Crippen molar-refractivity contribution >= 4 is 34.2 Å². The van der Waals surface area contributed by atoms with Crippen molar-refractivity contribution in [1.82, 2.24) is 24.5 Å². The maximum atomic E-state index is 13.8. The number of aromatic nitrogens is 5. The molecular formula is C19H18ClF3IN5O4. The highest BCUT2D eigenvalue weighted by Crippen LogP contribution is 2.41. The average Bonchev–Trinajstić information content (AvgIpc) is 3.33. The van der Waals surface area contributed by atoms with Gasteiger partial charge in [0.25, 0.3) is 0 Å². The Balaban J connectivity index is 1.85. The van der Waals surface area contributed by atoms with Crippen LogP contribution in [-0.2, 0) is 10.9 Å². The number of rotatable bonds is 4. The molecule has 0 spiro atoms. The lowest BCUT2D eigenvalue weighted by Gasteiger charge is -2.42. The van der Waals surface area contributed by atoms with Crippen LogP contribution in [0.15, 0.2) is 30.6 Å². The third-order valence-corrected chi connectivity index (χ3v) is 6.17. The quantitative estimate of drug-likeness (QED) is 0.395. The van der Waals surface area contributed by atoms with Gasteiger partial charge in [-0.15, -0.1) is 10.2 Å². The van der Waals surface area contributed by atoms with E-state index in [2.05, 4.69) is 15.3 Å². The average molecular weight is 600 g/mol. The number of hydrogen-bond acceptors (Lipinski definition) is 7. The fraction of sp³-hybridized carbons (Fsp3) is 0.421. The summed E-state index contributed by atoms with van der Waals surface area (Å²) in [6.45, 7) is 0.829. The first-order valence-corrected chi connectivity index (χ1v) is 11.1. The Morgan fingerprint density at radius 1 is 1.21 bits per heavy atom. The Kier molecular flexibility index (Phi) is 6.72. The van der Waals surface area contributed by atoms with Gasteiger partial charge in [-0.2, -0.15) is 18.3 Å². The van der Waals surface area contributed by atoms with Crippen molar-refractivity contribution in [2.24, 2.45) is 0 Å². The lowest BCUT2D eigenvalue weighted by molar-refractivity contribution is -0.210. The molecule has 1 aliphatic rings. The van der Waals surface area contributed by atoms with E-state index >= 15 is 0 Å². The summed E-state index contributed by atoms with van der Waals surface area (Å²) < 4.78 is 50.1. The third-order valence-electron chi connectivity index (χ3n) is 5.38. The molecule has 2 aromatic heterocycles. The van der Waals surface area contributed by atoms with Crippen LogP contribution in [0.25, 0.3) is 5.69 Å². The monoisotopic (exact) mass is 599 g/mol. The lowest BCUT2D eigenvalue weighted by Crippen LogP contribution is -2.53. The second-order valence-electron chi connectivity index (χ2n) is 7.49. The highest BCUT2D eigenvalue weighted by atomic mass is 127. The SMILES string of the molecule is Cc1nnc([C@@H]2O[C@H](CO)[C@H](O)[C@H](n3cc(I)cn3)[C@H]2O)n1-c1cc(Cl)ccc1C(F)(F)F. The molecule has 1 saturated heterocycles. The Labute approximate surface area is 203 Å². The minimum Gasteiger partial charge on any atom is -0.394 e. The molecule has 5 atom stereocenters. The number of hydrogen-bond donors (Lipinski definition) is 3. The summed E-state index contributed by atoms with van der Waals surface area (Å²) in [7, 11) is 0. The van der Waals surface area contributed by atoms with Gasteiger partial charge in [0.1, 0.15) is 36.3 Å². The van der Waals surface area contributed by atoms with E-state index in [1.165, 1.54) is 17.8 Å². The van der Waals surface area contributed by atoms with Gasteiger partial charge in [-0.05, 0) is 47.7 Å². The molecule has 1 aromatic carbocycles. The molecule has 4 rings (SSSR count). The summed E-state index contributed by atoms with van der Waals surface area (Å²) in [5.41, 5.74) is -1.33. The van der Waals surface area contributed by atoms with Crippen molar-refractivity contribution in [3.8, 4) is 5.69 Å². The fourth-order valence-corrected chi connectivity index (χ4v) is 4.47. The summed E-state index contributed by atoms with van der Waals surface area (Å²) in [5, 5.41) is 43.6. The molecule has 9 nitrogen and oxygen atoms in total. The molecule has 0 radical (unpaired) electrons. The molecule has 33 heavy (non-hydrogen) atoms. The predicted molar refractivity (Wildman–Crippen MR) is 117 cm³/mol. The number of aliphatic hydroxyl groups excluding tert-OH is 3.